The van der Waals surface area contributed by atoms with Gasteiger partial charge in [0.2, 0.25) is 0 Å². The van der Waals surface area contributed by atoms with Gasteiger partial charge in [0.1, 0.15) is 5.75 Å². The van der Waals surface area contributed by atoms with Crippen LogP contribution in [0.3, 0.4) is 0 Å². The topological polar surface area (TPSA) is 72.5 Å². The molecule has 1 unspecified atom stereocenters. The number of alkyl halides is 3. The van der Waals surface area contributed by atoms with Crippen molar-refractivity contribution in [3.63, 3.8) is 0 Å². The molecule has 1 atom stereocenters. The van der Waals surface area contributed by atoms with Gasteiger partial charge < -0.3 is 15.6 Å². The Bertz CT molecular complexity index is 474. The maximum atomic E-state index is 12.9. The lowest BCUT2D eigenvalue weighted by molar-refractivity contribution is -0.148. The summed E-state index contributed by atoms with van der Waals surface area (Å²) < 4.78 is 43.8. The zero-order chi connectivity index (χ0) is 15.3. The van der Waals surface area contributed by atoms with E-state index in [9.17, 15) is 18.0 Å². The Hall–Kier alpha value is -1.76. The number of aliphatic carboxylic acids is 1. The minimum atomic E-state index is -4.63. The Kier molecular flexibility index (Phi) is 5.38. The Morgan fingerprint density at radius 1 is 1.45 bits per heavy atom. The van der Waals surface area contributed by atoms with Crippen molar-refractivity contribution in [2.75, 3.05) is 0 Å². The molecule has 0 aliphatic heterocycles. The van der Waals surface area contributed by atoms with Crippen molar-refractivity contribution in [1.82, 2.24) is 0 Å². The van der Waals surface area contributed by atoms with E-state index in [2.05, 4.69) is 0 Å². The number of nitrogens with two attached hydrogens (primary N) is 1. The molecule has 0 aliphatic carbocycles. The van der Waals surface area contributed by atoms with E-state index in [-0.39, 0.29) is 13.0 Å². The quantitative estimate of drug-likeness (QED) is 0.845. The van der Waals surface area contributed by atoms with Crippen molar-refractivity contribution in [2.45, 2.75) is 38.6 Å². The Labute approximate surface area is 114 Å². The fourth-order valence-electron chi connectivity index (χ4n) is 1.68. The average Bonchev–Trinajstić information content (AvgIpc) is 2.37. The van der Waals surface area contributed by atoms with E-state index in [0.717, 1.165) is 12.1 Å². The summed E-state index contributed by atoms with van der Waals surface area (Å²) in [5.74, 6) is -1.78. The van der Waals surface area contributed by atoms with Gasteiger partial charge in [-0.05, 0) is 24.1 Å². The summed E-state index contributed by atoms with van der Waals surface area (Å²) in [6.07, 6.45) is -5.31. The van der Waals surface area contributed by atoms with Crippen LogP contribution in [0.4, 0.5) is 13.2 Å². The standard InChI is InChI=1S/C13H16F3NO3/c1-2-3-11(12(18)19)20-10-5-4-8(7-17)6-9(10)13(14,15)16/h4-6,11H,2-3,7,17H2,1H3,(H,18,19). The molecule has 0 heterocycles. The van der Waals surface area contributed by atoms with Gasteiger partial charge in [0, 0.05) is 6.54 Å². The summed E-state index contributed by atoms with van der Waals surface area (Å²) in [6.45, 7) is 1.68. The third kappa shape index (κ3) is 4.12. The van der Waals surface area contributed by atoms with Crippen LogP contribution in [0.25, 0.3) is 0 Å². The number of carbonyl (C=O) groups is 1. The number of hydrogen-bond acceptors (Lipinski definition) is 3. The first-order chi connectivity index (χ1) is 9.29. The molecule has 3 N–H and O–H groups in total. The summed E-state index contributed by atoms with van der Waals surface area (Å²) in [5.41, 5.74) is 4.59. The number of hydrogen-bond donors (Lipinski definition) is 2. The molecule has 0 radical (unpaired) electrons. The summed E-state index contributed by atoms with van der Waals surface area (Å²) >= 11 is 0. The van der Waals surface area contributed by atoms with E-state index in [0.29, 0.717) is 12.0 Å². The highest BCUT2D eigenvalue weighted by Gasteiger charge is 2.35. The first-order valence-electron chi connectivity index (χ1n) is 6.09. The van der Waals surface area contributed by atoms with Crippen molar-refractivity contribution in [2.24, 2.45) is 5.73 Å². The van der Waals surface area contributed by atoms with E-state index < -0.39 is 29.6 Å². The van der Waals surface area contributed by atoms with E-state index in [1.54, 1.807) is 6.92 Å². The molecule has 4 nitrogen and oxygen atoms in total. The van der Waals surface area contributed by atoms with Crippen LogP contribution in [0.2, 0.25) is 0 Å². The molecule has 0 aromatic heterocycles. The predicted molar refractivity (Wildman–Crippen MR) is 66.3 cm³/mol. The molecule has 0 aliphatic rings. The van der Waals surface area contributed by atoms with Crippen LogP contribution in [0, 0.1) is 0 Å². The molecular formula is C13H16F3NO3. The Morgan fingerprint density at radius 3 is 2.55 bits per heavy atom. The van der Waals surface area contributed by atoms with Gasteiger partial charge in [-0.2, -0.15) is 13.2 Å². The van der Waals surface area contributed by atoms with Gasteiger partial charge in [0.15, 0.2) is 6.10 Å². The van der Waals surface area contributed by atoms with Crippen LogP contribution >= 0.6 is 0 Å². The fourth-order valence-corrected chi connectivity index (χ4v) is 1.68. The van der Waals surface area contributed by atoms with Gasteiger partial charge in [0.25, 0.3) is 0 Å². The third-order valence-corrected chi connectivity index (χ3v) is 2.68. The van der Waals surface area contributed by atoms with Gasteiger partial charge >= 0.3 is 12.1 Å². The molecule has 0 saturated heterocycles. The van der Waals surface area contributed by atoms with E-state index in [1.807, 2.05) is 0 Å². The molecule has 0 bridgehead atoms. The van der Waals surface area contributed by atoms with Crippen molar-refractivity contribution >= 4 is 5.97 Å². The highest BCUT2D eigenvalue weighted by atomic mass is 19.4. The highest BCUT2D eigenvalue weighted by molar-refractivity contribution is 5.72. The van der Waals surface area contributed by atoms with Crippen LogP contribution in [0.1, 0.15) is 30.9 Å². The Balaban J connectivity index is 3.13. The fraction of sp³-hybridized carbons (Fsp3) is 0.462. The lowest BCUT2D eigenvalue weighted by Crippen LogP contribution is -2.27. The number of benzene rings is 1. The highest BCUT2D eigenvalue weighted by Crippen LogP contribution is 2.37. The van der Waals surface area contributed by atoms with Crippen molar-refractivity contribution in [3.05, 3.63) is 29.3 Å². The van der Waals surface area contributed by atoms with Gasteiger partial charge in [0.05, 0.1) is 5.56 Å². The normalized spacial score (nSPS) is 13.1. The third-order valence-electron chi connectivity index (χ3n) is 2.68. The molecule has 112 valence electrons. The van der Waals surface area contributed by atoms with Crippen LogP contribution in [-0.2, 0) is 17.5 Å². The summed E-state index contributed by atoms with van der Waals surface area (Å²) in [5, 5.41) is 8.93. The second kappa shape index (κ2) is 6.60. The first-order valence-corrected chi connectivity index (χ1v) is 6.09. The lowest BCUT2D eigenvalue weighted by atomic mass is 10.1. The maximum Gasteiger partial charge on any atom is 0.419 e. The monoisotopic (exact) mass is 291 g/mol. The van der Waals surface area contributed by atoms with E-state index in [1.165, 1.54) is 6.07 Å². The SMILES string of the molecule is CCCC(Oc1ccc(CN)cc1C(F)(F)F)C(=O)O. The maximum absolute atomic E-state index is 12.9. The summed E-state index contributed by atoms with van der Waals surface area (Å²) in [6, 6.07) is 3.37. The zero-order valence-electron chi connectivity index (χ0n) is 10.9. The van der Waals surface area contributed by atoms with Crippen LogP contribution in [-0.4, -0.2) is 17.2 Å². The van der Waals surface area contributed by atoms with Crippen LogP contribution < -0.4 is 10.5 Å². The number of halogens is 3. The van der Waals surface area contributed by atoms with E-state index >= 15 is 0 Å². The van der Waals surface area contributed by atoms with Gasteiger partial charge in [-0.25, -0.2) is 4.79 Å². The predicted octanol–water partition coefficient (Wildman–Crippen LogP) is 2.80. The molecule has 0 fully saturated rings. The molecule has 0 spiro atoms. The average molecular weight is 291 g/mol. The second-order valence-corrected chi connectivity index (χ2v) is 4.27. The smallest absolute Gasteiger partial charge is 0.419 e. The molecule has 1 rings (SSSR count). The minimum Gasteiger partial charge on any atom is -0.479 e. The molecule has 20 heavy (non-hydrogen) atoms. The molecule has 0 saturated carbocycles. The summed E-state index contributed by atoms with van der Waals surface area (Å²) in [4.78, 5) is 11.0. The first kappa shape index (κ1) is 16.3. The number of carboxylic acid groups (broad SMARTS) is 1. The van der Waals surface area contributed by atoms with Crippen molar-refractivity contribution in [1.29, 1.82) is 0 Å². The van der Waals surface area contributed by atoms with Crippen LogP contribution in [0.15, 0.2) is 18.2 Å². The van der Waals surface area contributed by atoms with Gasteiger partial charge in [-0.3, -0.25) is 0 Å². The van der Waals surface area contributed by atoms with Crippen molar-refractivity contribution in [3.8, 4) is 5.75 Å². The molecule has 1 aromatic carbocycles. The second-order valence-electron chi connectivity index (χ2n) is 4.27. The van der Waals surface area contributed by atoms with Crippen LogP contribution in [0.5, 0.6) is 5.75 Å². The van der Waals surface area contributed by atoms with Gasteiger partial charge in [-0.1, -0.05) is 19.4 Å². The Morgan fingerprint density at radius 2 is 2.10 bits per heavy atom. The van der Waals surface area contributed by atoms with E-state index in [4.69, 9.17) is 15.6 Å². The number of rotatable bonds is 6. The van der Waals surface area contributed by atoms with Gasteiger partial charge in [-0.15, -0.1) is 0 Å². The zero-order valence-corrected chi connectivity index (χ0v) is 10.9. The molecule has 0 amide bonds. The molecular weight excluding hydrogens is 275 g/mol. The minimum absolute atomic E-state index is 0.0410. The molecule has 7 heteroatoms. The van der Waals surface area contributed by atoms with Crippen molar-refractivity contribution < 1.29 is 27.8 Å². The molecule has 1 aromatic rings. The largest absolute Gasteiger partial charge is 0.479 e. The lowest BCUT2D eigenvalue weighted by Gasteiger charge is -2.19. The number of ether oxygens (including phenoxy) is 1. The summed E-state index contributed by atoms with van der Waals surface area (Å²) in [7, 11) is 0. The number of carboxylic acids is 1.